The number of hydrogen-bond donors (Lipinski definition) is 1. The second-order valence-corrected chi connectivity index (χ2v) is 8.21. The molecule has 0 saturated heterocycles. The van der Waals surface area contributed by atoms with Crippen molar-refractivity contribution in [3.8, 4) is 11.5 Å². The van der Waals surface area contributed by atoms with E-state index in [-0.39, 0.29) is 5.70 Å². The van der Waals surface area contributed by atoms with Crippen molar-refractivity contribution >= 4 is 51.7 Å². The van der Waals surface area contributed by atoms with Crippen LogP contribution in [0.25, 0.3) is 5.57 Å². The number of halogens is 1. The molecule has 0 atom stereocenters. The van der Waals surface area contributed by atoms with Crippen molar-refractivity contribution in [1.82, 2.24) is 0 Å². The van der Waals surface area contributed by atoms with Crippen molar-refractivity contribution in [3.63, 3.8) is 0 Å². The van der Waals surface area contributed by atoms with Gasteiger partial charge in [0.25, 0.3) is 11.8 Å². The Morgan fingerprint density at radius 3 is 2.29 bits per heavy atom. The number of rotatable bonds is 6. The van der Waals surface area contributed by atoms with Gasteiger partial charge in [-0.2, -0.15) is 0 Å². The molecule has 0 spiro atoms. The van der Waals surface area contributed by atoms with Gasteiger partial charge in [-0.3, -0.25) is 9.59 Å². The molecule has 1 aliphatic rings. The maximum atomic E-state index is 13.5. The van der Waals surface area contributed by atoms with E-state index in [0.29, 0.717) is 38.3 Å². The fraction of sp³-hybridized carbons (Fsp3) is 0.130. The minimum atomic E-state index is -0.469. The van der Waals surface area contributed by atoms with Crippen LogP contribution in [0.3, 0.4) is 0 Å². The lowest BCUT2D eigenvalue weighted by Gasteiger charge is -2.17. The first kappa shape index (κ1) is 21.0. The predicted octanol–water partition coefficient (Wildman–Crippen LogP) is 5.12. The summed E-state index contributed by atoms with van der Waals surface area (Å²) >= 11 is 7.54. The molecule has 4 rings (SSSR count). The number of ether oxygens (including phenoxy) is 2. The van der Waals surface area contributed by atoms with E-state index in [2.05, 4.69) is 5.32 Å². The zero-order valence-electron chi connectivity index (χ0n) is 17.1. The number of benzene rings is 2. The lowest BCUT2D eigenvalue weighted by Crippen LogP contribution is -2.32. The van der Waals surface area contributed by atoms with Gasteiger partial charge >= 0.3 is 0 Å². The fourth-order valence-electron chi connectivity index (χ4n) is 3.31. The molecule has 0 unspecified atom stereocenters. The van der Waals surface area contributed by atoms with Crippen LogP contribution < -0.4 is 19.7 Å². The second-order valence-electron chi connectivity index (χ2n) is 6.83. The number of aryl methyl sites for hydroxylation is 1. The van der Waals surface area contributed by atoms with Crippen molar-refractivity contribution in [3.05, 3.63) is 75.1 Å². The van der Waals surface area contributed by atoms with Gasteiger partial charge in [-0.1, -0.05) is 23.7 Å². The molecule has 2 aromatic carbocycles. The predicted molar refractivity (Wildman–Crippen MR) is 123 cm³/mol. The normalized spacial score (nSPS) is 13.7. The summed E-state index contributed by atoms with van der Waals surface area (Å²) in [5, 5.41) is 5.54. The van der Waals surface area contributed by atoms with Gasteiger partial charge in [-0.05, 0) is 36.1 Å². The summed E-state index contributed by atoms with van der Waals surface area (Å²) in [4.78, 5) is 28.8. The van der Waals surface area contributed by atoms with E-state index in [0.717, 1.165) is 10.5 Å². The third-order valence-electron chi connectivity index (χ3n) is 4.91. The van der Waals surface area contributed by atoms with Crippen LogP contribution in [0.2, 0.25) is 5.02 Å². The quantitative estimate of drug-likeness (QED) is 0.523. The van der Waals surface area contributed by atoms with Crippen molar-refractivity contribution in [2.24, 2.45) is 0 Å². The Bertz CT molecular complexity index is 1180. The van der Waals surface area contributed by atoms with Gasteiger partial charge in [0.2, 0.25) is 0 Å². The van der Waals surface area contributed by atoms with Crippen LogP contribution in [0.4, 0.5) is 11.4 Å². The lowest BCUT2D eigenvalue weighted by molar-refractivity contribution is -0.120. The van der Waals surface area contributed by atoms with Gasteiger partial charge < -0.3 is 14.8 Å². The topological polar surface area (TPSA) is 67.9 Å². The number of methoxy groups -OCH3 is 2. The molecule has 0 bridgehead atoms. The summed E-state index contributed by atoms with van der Waals surface area (Å²) in [5.41, 5.74) is 2.41. The van der Waals surface area contributed by atoms with Gasteiger partial charge in [0.05, 0.1) is 25.5 Å². The Morgan fingerprint density at radius 1 is 0.968 bits per heavy atom. The van der Waals surface area contributed by atoms with Crippen LogP contribution in [0, 0.1) is 6.92 Å². The number of imide groups is 1. The number of hydrogen-bond acceptors (Lipinski definition) is 6. The third kappa shape index (κ3) is 3.89. The summed E-state index contributed by atoms with van der Waals surface area (Å²) in [6.07, 6.45) is 0. The maximum absolute atomic E-state index is 13.5. The van der Waals surface area contributed by atoms with Crippen LogP contribution in [-0.2, 0) is 9.59 Å². The Balaban J connectivity index is 1.83. The fourth-order valence-corrected chi connectivity index (χ4v) is 4.25. The van der Waals surface area contributed by atoms with Crippen LogP contribution in [-0.4, -0.2) is 26.0 Å². The lowest BCUT2D eigenvalue weighted by atomic mass is 10.1. The van der Waals surface area contributed by atoms with E-state index in [1.807, 2.05) is 30.5 Å². The number of nitrogens with one attached hydrogen (secondary N) is 1. The molecule has 31 heavy (non-hydrogen) atoms. The van der Waals surface area contributed by atoms with Crippen LogP contribution >= 0.6 is 22.9 Å². The highest BCUT2D eigenvalue weighted by Crippen LogP contribution is 2.38. The molecule has 2 heterocycles. The van der Waals surface area contributed by atoms with E-state index < -0.39 is 11.8 Å². The number of amides is 2. The van der Waals surface area contributed by atoms with Gasteiger partial charge in [0.1, 0.15) is 17.2 Å². The maximum Gasteiger partial charge on any atom is 0.282 e. The van der Waals surface area contributed by atoms with Gasteiger partial charge in [0.15, 0.2) is 0 Å². The summed E-state index contributed by atoms with van der Waals surface area (Å²) in [5.74, 6) is 0.0486. The van der Waals surface area contributed by atoms with E-state index >= 15 is 0 Å². The SMILES string of the molecule is COc1cc(OC)cc(N2C(=O)C(Nc3cc(Cl)ccc3C)=C(c3cccs3)C2=O)c1. The molecule has 1 aliphatic heterocycles. The molecule has 3 aromatic rings. The molecule has 1 aromatic heterocycles. The highest BCUT2D eigenvalue weighted by molar-refractivity contribution is 7.11. The van der Waals surface area contributed by atoms with Gasteiger partial charge in [0, 0.05) is 33.8 Å². The zero-order chi connectivity index (χ0) is 22.1. The molecule has 0 fully saturated rings. The van der Waals surface area contributed by atoms with Crippen molar-refractivity contribution in [2.45, 2.75) is 6.92 Å². The summed E-state index contributed by atoms with van der Waals surface area (Å²) < 4.78 is 10.6. The standard InChI is InChI=1S/C23H19ClN2O4S/c1-13-6-7-14(24)9-18(13)25-21-20(19-5-4-8-31-19)22(27)26(23(21)28)15-10-16(29-2)12-17(11-15)30-3/h4-12,25H,1-3H3. The average Bonchev–Trinajstić information content (AvgIpc) is 3.37. The van der Waals surface area contributed by atoms with E-state index in [9.17, 15) is 9.59 Å². The van der Waals surface area contributed by atoms with Gasteiger partial charge in [-0.15, -0.1) is 11.3 Å². The monoisotopic (exact) mass is 454 g/mol. The Kier molecular flexibility index (Phi) is 5.71. The Labute approximate surface area is 188 Å². The minimum absolute atomic E-state index is 0.194. The largest absolute Gasteiger partial charge is 0.497 e. The number of anilines is 2. The van der Waals surface area contributed by atoms with E-state index in [1.165, 1.54) is 25.6 Å². The highest BCUT2D eigenvalue weighted by atomic mass is 35.5. The van der Waals surface area contributed by atoms with E-state index in [1.54, 1.807) is 30.3 Å². The highest BCUT2D eigenvalue weighted by Gasteiger charge is 2.41. The molecule has 8 heteroatoms. The molecule has 0 saturated carbocycles. The molecule has 158 valence electrons. The molecular formula is C23H19ClN2O4S. The van der Waals surface area contributed by atoms with Crippen molar-refractivity contribution in [1.29, 1.82) is 0 Å². The Hall–Kier alpha value is -3.29. The number of nitrogens with zero attached hydrogens (tertiary/aromatic N) is 1. The van der Waals surface area contributed by atoms with Crippen LogP contribution in [0.15, 0.2) is 59.6 Å². The summed E-state index contributed by atoms with van der Waals surface area (Å²) in [7, 11) is 3.02. The van der Waals surface area contributed by atoms with E-state index in [4.69, 9.17) is 21.1 Å². The minimum Gasteiger partial charge on any atom is -0.497 e. The summed E-state index contributed by atoms with van der Waals surface area (Å²) in [6.45, 7) is 1.90. The molecule has 0 aliphatic carbocycles. The molecular weight excluding hydrogens is 436 g/mol. The zero-order valence-corrected chi connectivity index (χ0v) is 18.6. The molecule has 2 amide bonds. The van der Waals surface area contributed by atoms with Crippen molar-refractivity contribution < 1.29 is 19.1 Å². The number of carbonyl (C=O) groups excluding carboxylic acids is 2. The molecule has 1 N–H and O–H groups in total. The first-order chi connectivity index (χ1) is 14.9. The van der Waals surface area contributed by atoms with Gasteiger partial charge in [-0.25, -0.2) is 4.90 Å². The van der Waals surface area contributed by atoms with Crippen LogP contribution in [0.1, 0.15) is 10.4 Å². The number of thiophene rings is 1. The third-order valence-corrected chi connectivity index (χ3v) is 6.03. The average molecular weight is 455 g/mol. The van der Waals surface area contributed by atoms with Crippen molar-refractivity contribution in [2.75, 3.05) is 24.4 Å². The van der Waals surface area contributed by atoms with Crippen LogP contribution in [0.5, 0.6) is 11.5 Å². The molecule has 6 nitrogen and oxygen atoms in total. The Morgan fingerprint density at radius 2 is 1.68 bits per heavy atom. The molecule has 0 radical (unpaired) electrons. The summed E-state index contributed by atoms with van der Waals surface area (Å²) in [6, 6.07) is 13.9. The number of carbonyl (C=O) groups is 2. The first-order valence-electron chi connectivity index (χ1n) is 9.36. The first-order valence-corrected chi connectivity index (χ1v) is 10.6. The second kappa shape index (κ2) is 8.45. The smallest absolute Gasteiger partial charge is 0.282 e.